The van der Waals surface area contributed by atoms with Gasteiger partial charge in [0.2, 0.25) is 11.8 Å². The third kappa shape index (κ3) is 4.72. The monoisotopic (exact) mass is 338 g/mol. The number of nitrogens with zero attached hydrogens (tertiary/aromatic N) is 2. The van der Waals surface area contributed by atoms with Gasteiger partial charge in [-0.25, -0.2) is 9.97 Å². The van der Waals surface area contributed by atoms with E-state index in [2.05, 4.69) is 15.3 Å². The fourth-order valence-electron chi connectivity index (χ4n) is 1.95. The Hall–Kier alpha value is -2.54. The Morgan fingerprint density at radius 1 is 1.13 bits per heavy atom. The lowest BCUT2D eigenvalue weighted by molar-refractivity contribution is 0.0946. The molecule has 0 saturated heterocycles. The van der Waals surface area contributed by atoms with Crippen molar-refractivity contribution in [1.82, 2.24) is 15.3 Å². The van der Waals surface area contributed by atoms with Crippen LogP contribution >= 0.6 is 12.4 Å². The summed E-state index contributed by atoms with van der Waals surface area (Å²) >= 11 is 0. The van der Waals surface area contributed by atoms with Gasteiger partial charge >= 0.3 is 0 Å². The molecule has 7 nitrogen and oxygen atoms in total. The van der Waals surface area contributed by atoms with Crippen molar-refractivity contribution < 1.29 is 14.3 Å². The minimum atomic E-state index is -0.343. The van der Waals surface area contributed by atoms with Gasteiger partial charge in [0.25, 0.3) is 5.91 Å². The number of methoxy groups -OCH3 is 2. The molecule has 0 fully saturated rings. The number of amides is 1. The van der Waals surface area contributed by atoms with Crippen LogP contribution in [-0.2, 0) is 6.42 Å². The van der Waals surface area contributed by atoms with E-state index in [0.717, 1.165) is 5.56 Å². The number of carbonyl (C=O) groups excluding carboxylic acids is 1. The van der Waals surface area contributed by atoms with Crippen molar-refractivity contribution in [2.24, 2.45) is 0 Å². The van der Waals surface area contributed by atoms with Gasteiger partial charge in [0, 0.05) is 12.2 Å². The molecule has 0 saturated carbocycles. The highest BCUT2D eigenvalue weighted by Gasteiger charge is 2.20. The van der Waals surface area contributed by atoms with Gasteiger partial charge in [-0.2, -0.15) is 0 Å². The number of carbonyl (C=O) groups is 1. The average molecular weight is 339 g/mol. The lowest BCUT2D eigenvalue weighted by atomic mass is 10.1. The van der Waals surface area contributed by atoms with Crippen LogP contribution in [0.1, 0.15) is 15.9 Å². The summed E-state index contributed by atoms with van der Waals surface area (Å²) in [7, 11) is 2.87. The molecule has 0 radical (unpaired) electrons. The molecule has 0 aliphatic carbocycles. The van der Waals surface area contributed by atoms with Gasteiger partial charge in [-0.1, -0.05) is 12.1 Å². The van der Waals surface area contributed by atoms with Gasteiger partial charge in [-0.15, -0.1) is 12.4 Å². The Bertz CT molecular complexity index is 627. The van der Waals surface area contributed by atoms with Crippen LogP contribution in [0.4, 0.5) is 5.69 Å². The zero-order valence-corrected chi connectivity index (χ0v) is 13.7. The van der Waals surface area contributed by atoms with Gasteiger partial charge in [-0.05, 0) is 24.1 Å². The number of ether oxygens (including phenoxy) is 2. The van der Waals surface area contributed by atoms with Crippen molar-refractivity contribution in [1.29, 1.82) is 0 Å². The Morgan fingerprint density at radius 3 is 2.22 bits per heavy atom. The number of halogens is 1. The minimum Gasteiger partial charge on any atom is -0.480 e. The summed E-state index contributed by atoms with van der Waals surface area (Å²) < 4.78 is 10.2. The zero-order chi connectivity index (χ0) is 15.9. The van der Waals surface area contributed by atoms with E-state index in [1.54, 1.807) is 0 Å². The fraction of sp³-hybridized carbons (Fsp3) is 0.267. The summed E-state index contributed by atoms with van der Waals surface area (Å²) in [5, 5.41) is 2.80. The third-order valence-electron chi connectivity index (χ3n) is 3.07. The van der Waals surface area contributed by atoms with Gasteiger partial charge in [0.05, 0.1) is 14.2 Å². The number of anilines is 1. The Balaban J connectivity index is 0.00000264. The van der Waals surface area contributed by atoms with Crippen LogP contribution in [0.25, 0.3) is 0 Å². The first-order valence-corrected chi connectivity index (χ1v) is 6.71. The molecule has 124 valence electrons. The number of nitrogen functional groups attached to an aromatic ring is 1. The molecule has 0 spiro atoms. The van der Waals surface area contributed by atoms with E-state index in [4.69, 9.17) is 15.2 Å². The van der Waals surface area contributed by atoms with Gasteiger partial charge in [0.15, 0.2) is 5.56 Å². The SMILES string of the molecule is COc1ncnc(OC)c1C(=O)NCCc1ccc(N)cc1.Cl. The van der Waals surface area contributed by atoms with Gasteiger partial charge < -0.3 is 20.5 Å². The van der Waals surface area contributed by atoms with Crippen molar-refractivity contribution >= 4 is 24.0 Å². The molecule has 0 aliphatic heterocycles. The molecule has 0 unspecified atom stereocenters. The van der Waals surface area contributed by atoms with E-state index >= 15 is 0 Å². The van der Waals surface area contributed by atoms with Crippen molar-refractivity contribution in [2.45, 2.75) is 6.42 Å². The van der Waals surface area contributed by atoms with E-state index in [9.17, 15) is 4.79 Å². The number of nitrogens with one attached hydrogen (secondary N) is 1. The molecule has 2 aromatic rings. The number of benzene rings is 1. The number of rotatable bonds is 6. The molecule has 23 heavy (non-hydrogen) atoms. The van der Waals surface area contributed by atoms with Crippen LogP contribution < -0.4 is 20.5 Å². The number of nitrogens with two attached hydrogens (primary N) is 1. The summed E-state index contributed by atoms with van der Waals surface area (Å²) in [5.41, 5.74) is 7.61. The predicted octanol–water partition coefficient (Wildman–Crippen LogP) is 1.47. The maximum atomic E-state index is 12.3. The second kappa shape index (κ2) is 8.79. The summed E-state index contributed by atoms with van der Waals surface area (Å²) in [4.78, 5) is 20.1. The molecule has 1 heterocycles. The molecule has 3 N–H and O–H groups in total. The highest BCUT2D eigenvalue weighted by atomic mass is 35.5. The molecule has 2 rings (SSSR count). The number of hydrogen-bond acceptors (Lipinski definition) is 6. The molecule has 0 aliphatic rings. The topological polar surface area (TPSA) is 99.4 Å². The quantitative estimate of drug-likeness (QED) is 0.774. The molecular formula is C15H19ClN4O3. The van der Waals surface area contributed by atoms with Crippen molar-refractivity contribution in [3.63, 3.8) is 0 Å². The van der Waals surface area contributed by atoms with E-state index in [-0.39, 0.29) is 35.6 Å². The second-order valence-electron chi connectivity index (χ2n) is 4.51. The van der Waals surface area contributed by atoms with Crippen LogP contribution in [-0.4, -0.2) is 36.6 Å². The molecule has 1 aromatic carbocycles. The lowest BCUT2D eigenvalue weighted by Crippen LogP contribution is -2.27. The molecular weight excluding hydrogens is 320 g/mol. The van der Waals surface area contributed by atoms with Crippen LogP contribution in [0.2, 0.25) is 0 Å². The highest BCUT2D eigenvalue weighted by molar-refractivity contribution is 5.98. The molecule has 0 atom stereocenters. The van der Waals surface area contributed by atoms with E-state index in [1.807, 2.05) is 24.3 Å². The summed E-state index contributed by atoms with van der Waals surface area (Å²) in [6, 6.07) is 7.51. The standard InChI is InChI=1S/C15H18N4O3.ClH/c1-21-14-12(15(22-2)19-9-18-14)13(20)17-8-7-10-3-5-11(16)6-4-10;/h3-6,9H,7-8,16H2,1-2H3,(H,17,20);1H. The first-order chi connectivity index (χ1) is 10.7. The van der Waals surface area contributed by atoms with Crippen molar-refractivity contribution in [3.05, 3.63) is 41.7 Å². The van der Waals surface area contributed by atoms with Crippen LogP contribution in [0.15, 0.2) is 30.6 Å². The van der Waals surface area contributed by atoms with Gasteiger partial charge in [-0.3, -0.25) is 4.79 Å². The number of aromatic nitrogens is 2. The highest BCUT2D eigenvalue weighted by Crippen LogP contribution is 2.22. The van der Waals surface area contributed by atoms with Crippen LogP contribution in [0.3, 0.4) is 0 Å². The van der Waals surface area contributed by atoms with Crippen molar-refractivity contribution in [2.75, 3.05) is 26.5 Å². The third-order valence-corrected chi connectivity index (χ3v) is 3.07. The Kier molecular flexibility index (Phi) is 7.08. The summed E-state index contributed by atoms with van der Waals surface area (Å²) in [6.07, 6.45) is 1.97. The Morgan fingerprint density at radius 2 is 1.70 bits per heavy atom. The minimum absolute atomic E-state index is 0. The first kappa shape index (κ1) is 18.5. The lowest BCUT2D eigenvalue weighted by Gasteiger charge is -2.11. The predicted molar refractivity (Wildman–Crippen MR) is 89.3 cm³/mol. The van der Waals surface area contributed by atoms with E-state index in [0.29, 0.717) is 18.7 Å². The van der Waals surface area contributed by atoms with E-state index in [1.165, 1.54) is 20.5 Å². The first-order valence-electron chi connectivity index (χ1n) is 6.71. The zero-order valence-electron chi connectivity index (χ0n) is 12.9. The Labute approximate surface area is 140 Å². The smallest absolute Gasteiger partial charge is 0.262 e. The summed E-state index contributed by atoms with van der Waals surface area (Å²) in [5.74, 6) is 0.0124. The maximum absolute atomic E-state index is 12.3. The van der Waals surface area contributed by atoms with Crippen molar-refractivity contribution in [3.8, 4) is 11.8 Å². The number of hydrogen-bond donors (Lipinski definition) is 2. The van der Waals surface area contributed by atoms with Gasteiger partial charge in [0.1, 0.15) is 6.33 Å². The van der Waals surface area contributed by atoms with E-state index < -0.39 is 0 Å². The fourth-order valence-corrected chi connectivity index (χ4v) is 1.95. The molecule has 8 heteroatoms. The summed E-state index contributed by atoms with van der Waals surface area (Å²) in [6.45, 7) is 0.462. The maximum Gasteiger partial charge on any atom is 0.262 e. The second-order valence-corrected chi connectivity index (χ2v) is 4.51. The average Bonchev–Trinajstić information content (AvgIpc) is 2.55. The molecule has 1 aromatic heterocycles. The van der Waals surface area contributed by atoms with Crippen LogP contribution in [0, 0.1) is 0 Å². The van der Waals surface area contributed by atoms with Crippen LogP contribution in [0.5, 0.6) is 11.8 Å². The molecule has 1 amide bonds. The molecule has 0 bridgehead atoms. The largest absolute Gasteiger partial charge is 0.480 e. The normalized spacial score (nSPS) is 9.65.